The van der Waals surface area contributed by atoms with Crippen molar-refractivity contribution in [2.24, 2.45) is 11.8 Å². The third-order valence-electron chi connectivity index (χ3n) is 5.33. The van der Waals surface area contributed by atoms with Gasteiger partial charge in [0.1, 0.15) is 0 Å². The number of benzene rings is 1. The van der Waals surface area contributed by atoms with Crippen LogP contribution in [0.1, 0.15) is 44.0 Å². The first-order chi connectivity index (χ1) is 13.3. The van der Waals surface area contributed by atoms with Crippen LogP contribution in [0.2, 0.25) is 0 Å². The average molecular weight is 386 g/mol. The van der Waals surface area contributed by atoms with Crippen molar-refractivity contribution in [2.75, 3.05) is 27.3 Å². The molecule has 0 spiro atoms. The highest BCUT2D eigenvalue weighted by Gasteiger charge is 2.25. The first-order valence-electron chi connectivity index (χ1n) is 9.94. The Kier molecular flexibility index (Phi) is 5.96. The SMILES string of the molecule is COc1cc2c(C(=O)N3CCC[C@H](C)C3)cn(CC(C)C)c(=O)c2cc1OC. The van der Waals surface area contributed by atoms with E-state index in [0.717, 1.165) is 25.9 Å². The van der Waals surface area contributed by atoms with Crippen molar-refractivity contribution in [1.82, 2.24) is 9.47 Å². The maximum atomic E-state index is 13.4. The van der Waals surface area contributed by atoms with Crippen LogP contribution < -0.4 is 15.0 Å². The van der Waals surface area contributed by atoms with E-state index in [0.29, 0.717) is 40.3 Å². The third kappa shape index (κ3) is 3.86. The van der Waals surface area contributed by atoms with Crippen LogP contribution in [0.25, 0.3) is 10.8 Å². The zero-order valence-electron chi connectivity index (χ0n) is 17.4. The summed E-state index contributed by atoms with van der Waals surface area (Å²) < 4.78 is 12.5. The predicted octanol–water partition coefficient (Wildman–Crippen LogP) is 3.55. The van der Waals surface area contributed by atoms with E-state index in [1.807, 2.05) is 4.90 Å². The molecule has 1 aromatic heterocycles. The molecule has 0 N–H and O–H groups in total. The smallest absolute Gasteiger partial charge is 0.258 e. The molecular formula is C22H30N2O4. The van der Waals surface area contributed by atoms with Gasteiger partial charge in [0.15, 0.2) is 11.5 Å². The van der Waals surface area contributed by atoms with Gasteiger partial charge in [0.2, 0.25) is 0 Å². The highest BCUT2D eigenvalue weighted by atomic mass is 16.5. The van der Waals surface area contributed by atoms with E-state index in [2.05, 4.69) is 20.8 Å². The minimum atomic E-state index is -0.117. The number of piperidine rings is 1. The lowest BCUT2D eigenvalue weighted by molar-refractivity contribution is 0.0684. The fraction of sp³-hybridized carbons (Fsp3) is 0.545. The number of hydrogen-bond acceptors (Lipinski definition) is 4. The number of ether oxygens (including phenoxy) is 2. The van der Waals surface area contributed by atoms with Crippen LogP contribution in [-0.2, 0) is 6.54 Å². The monoisotopic (exact) mass is 386 g/mol. The molecule has 1 fully saturated rings. The molecule has 1 aromatic carbocycles. The van der Waals surface area contributed by atoms with E-state index in [1.165, 1.54) is 0 Å². The maximum Gasteiger partial charge on any atom is 0.258 e. The number of rotatable bonds is 5. The minimum absolute atomic E-state index is 0.0266. The molecule has 3 rings (SSSR count). The number of likely N-dealkylation sites (tertiary alicyclic amines) is 1. The number of fused-ring (bicyclic) bond motifs is 1. The fourth-order valence-corrected chi connectivity index (χ4v) is 3.96. The number of amides is 1. The summed E-state index contributed by atoms with van der Waals surface area (Å²) >= 11 is 0. The van der Waals surface area contributed by atoms with Crippen LogP contribution in [-0.4, -0.2) is 42.7 Å². The number of carbonyl (C=O) groups excluding carboxylic acids is 1. The first-order valence-corrected chi connectivity index (χ1v) is 9.94. The van der Waals surface area contributed by atoms with Gasteiger partial charge in [-0.15, -0.1) is 0 Å². The predicted molar refractivity (Wildman–Crippen MR) is 110 cm³/mol. The molecule has 1 aliphatic rings. The molecule has 0 saturated carbocycles. The number of methoxy groups -OCH3 is 2. The van der Waals surface area contributed by atoms with Gasteiger partial charge in [0.05, 0.1) is 25.2 Å². The van der Waals surface area contributed by atoms with Crippen molar-refractivity contribution < 1.29 is 14.3 Å². The molecule has 1 aliphatic heterocycles. The van der Waals surface area contributed by atoms with Crippen molar-refractivity contribution in [3.05, 3.63) is 34.2 Å². The summed E-state index contributed by atoms with van der Waals surface area (Å²) in [4.78, 5) is 28.4. The van der Waals surface area contributed by atoms with Crippen LogP contribution in [0.5, 0.6) is 11.5 Å². The summed E-state index contributed by atoms with van der Waals surface area (Å²) in [5, 5.41) is 1.10. The number of nitrogens with zero attached hydrogens (tertiary/aromatic N) is 2. The van der Waals surface area contributed by atoms with Crippen LogP contribution in [0.4, 0.5) is 0 Å². The van der Waals surface area contributed by atoms with E-state index < -0.39 is 0 Å². The van der Waals surface area contributed by atoms with E-state index in [9.17, 15) is 9.59 Å². The van der Waals surface area contributed by atoms with E-state index in [-0.39, 0.29) is 17.4 Å². The van der Waals surface area contributed by atoms with Crippen molar-refractivity contribution in [3.63, 3.8) is 0 Å². The molecule has 152 valence electrons. The number of hydrogen-bond donors (Lipinski definition) is 0. The lowest BCUT2D eigenvalue weighted by Gasteiger charge is -2.31. The van der Waals surface area contributed by atoms with Gasteiger partial charge in [-0.2, -0.15) is 0 Å². The average Bonchev–Trinajstić information content (AvgIpc) is 2.68. The lowest BCUT2D eigenvalue weighted by Crippen LogP contribution is -2.39. The molecule has 1 saturated heterocycles. The minimum Gasteiger partial charge on any atom is -0.493 e. The topological polar surface area (TPSA) is 60.8 Å². The Morgan fingerprint density at radius 3 is 2.39 bits per heavy atom. The summed E-state index contributed by atoms with van der Waals surface area (Å²) in [6.07, 6.45) is 3.87. The molecule has 6 heteroatoms. The van der Waals surface area contributed by atoms with Gasteiger partial charge in [-0.1, -0.05) is 20.8 Å². The summed E-state index contributed by atoms with van der Waals surface area (Å²) in [5.41, 5.74) is 0.429. The second-order valence-corrected chi connectivity index (χ2v) is 8.15. The molecule has 1 amide bonds. The van der Waals surface area contributed by atoms with Crippen molar-refractivity contribution in [2.45, 2.75) is 40.2 Å². The Morgan fingerprint density at radius 1 is 1.18 bits per heavy atom. The van der Waals surface area contributed by atoms with Gasteiger partial charge in [0, 0.05) is 31.2 Å². The Labute approximate surface area is 166 Å². The molecule has 2 heterocycles. The van der Waals surface area contributed by atoms with Gasteiger partial charge in [-0.25, -0.2) is 0 Å². The zero-order chi connectivity index (χ0) is 20.4. The molecule has 0 unspecified atom stereocenters. The summed E-state index contributed by atoms with van der Waals surface area (Å²) in [6, 6.07) is 3.43. The maximum absolute atomic E-state index is 13.4. The Morgan fingerprint density at radius 2 is 1.82 bits per heavy atom. The quantitative estimate of drug-likeness (QED) is 0.788. The molecule has 28 heavy (non-hydrogen) atoms. The Bertz CT molecular complexity index is 932. The second kappa shape index (κ2) is 8.25. The van der Waals surface area contributed by atoms with Gasteiger partial charge in [-0.05, 0) is 36.8 Å². The fourth-order valence-electron chi connectivity index (χ4n) is 3.96. The largest absolute Gasteiger partial charge is 0.493 e. The van der Waals surface area contributed by atoms with Gasteiger partial charge < -0.3 is 18.9 Å². The molecule has 0 radical (unpaired) electrons. The molecular weight excluding hydrogens is 356 g/mol. The zero-order valence-corrected chi connectivity index (χ0v) is 17.4. The Hall–Kier alpha value is -2.50. The summed E-state index contributed by atoms with van der Waals surface area (Å²) in [5.74, 6) is 1.74. The van der Waals surface area contributed by atoms with Gasteiger partial charge in [0.25, 0.3) is 11.5 Å². The van der Waals surface area contributed by atoms with Gasteiger partial charge in [-0.3, -0.25) is 9.59 Å². The van der Waals surface area contributed by atoms with Crippen LogP contribution >= 0.6 is 0 Å². The number of aromatic nitrogens is 1. The van der Waals surface area contributed by atoms with Crippen LogP contribution in [0, 0.1) is 11.8 Å². The van der Waals surface area contributed by atoms with Gasteiger partial charge >= 0.3 is 0 Å². The summed E-state index contributed by atoms with van der Waals surface area (Å²) in [6.45, 7) is 8.33. The van der Waals surface area contributed by atoms with Crippen molar-refractivity contribution in [3.8, 4) is 11.5 Å². The molecule has 2 aromatic rings. The molecule has 1 atom stereocenters. The number of pyridine rings is 1. The highest BCUT2D eigenvalue weighted by molar-refractivity contribution is 6.07. The highest BCUT2D eigenvalue weighted by Crippen LogP contribution is 2.33. The molecule has 0 aliphatic carbocycles. The summed E-state index contributed by atoms with van der Waals surface area (Å²) in [7, 11) is 3.10. The van der Waals surface area contributed by atoms with Crippen molar-refractivity contribution >= 4 is 16.7 Å². The number of carbonyl (C=O) groups is 1. The molecule has 6 nitrogen and oxygen atoms in total. The normalized spacial score (nSPS) is 17.2. The third-order valence-corrected chi connectivity index (χ3v) is 5.33. The van der Waals surface area contributed by atoms with Crippen LogP contribution in [0.3, 0.4) is 0 Å². The van der Waals surface area contributed by atoms with Crippen LogP contribution in [0.15, 0.2) is 23.1 Å². The van der Waals surface area contributed by atoms with Crippen molar-refractivity contribution in [1.29, 1.82) is 0 Å². The second-order valence-electron chi connectivity index (χ2n) is 8.15. The van der Waals surface area contributed by atoms with E-state index in [1.54, 1.807) is 37.1 Å². The van der Waals surface area contributed by atoms with E-state index in [4.69, 9.17) is 9.47 Å². The Balaban J connectivity index is 2.22. The lowest BCUT2D eigenvalue weighted by atomic mass is 9.98. The van der Waals surface area contributed by atoms with E-state index >= 15 is 0 Å². The standard InChI is InChI=1S/C22H30N2O4/c1-14(2)11-24-13-18(22(26)23-8-6-7-15(3)12-23)16-9-19(27-4)20(28-5)10-17(16)21(24)25/h9-10,13-15H,6-8,11-12H2,1-5H3/t15-/m0/s1. The first kappa shape index (κ1) is 20.2. The molecule has 0 bridgehead atoms.